The molecule has 3 heterocycles. The summed E-state index contributed by atoms with van der Waals surface area (Å²) in [6.45, 7) is 5.31. The Kier molecular flexibility index (Phi) is 4.57. The molecule has 0 N–H and O–H groups in total. The molecule has 0 radical (unpaired) electrons. The Morgan fingerprint density at radius 2 is 1.87 bits per heavy atom. The molecule has 1 aliphatic heterocycles. The van der Waals surface area contributed by atoms with E-state index in [9.17, 15) is 0 Å². The van der Waals surface area contributed by atoms with Crippen molar-refractivity contribution in [1.29, 1.82) is 5.26 Å². The Balaban J connectivity index is 1.72. The van der Waals surface area contributed by atoms with Gasteiger partial charge in [0.25, 0.3) is 0 Å². The van der Waals surface area contributed by atoms with E-state index >= 15 is 0 Å². The lowest BCUT2D eigenvalue weighted by molar-refractivity contribution is 0.629. The Bertz CT molecular complexity index is 735. The van der Waals surface area contributed by atoms with Gasteiger partial charge in [-0.1, -0.05) is 11.8 Å². The van der Waals surface area contributed by atoms with Crippen molar-refractivity contribution < 1.29 is 0 Å². The summed E-state index contributed by atoms with van der Waals surface area (Å²) in [5.41, 5.74) is 1.48. The molecule has 0 spiro atoms. The first kappa shape index (κ1) is 15.5. The van der Waals surface area contributed by atoms with Crippen LogP contribution in [0.2, 0.25) is 0 Å². The van der Waals surface area contributed by atoms with E-state index in [1.54, 1.807) is 24.0 Å². The number of rotatable bonds is 3. The van der Waals surface area contributed by atoms with E-state index in [1.165, 1.54) is 0 Å². The van der Waals surface area contributed by atoms with Crippen molar-refractivity contribution in [1.82, 2.24) is 19.9 Å². The highest BCUT2D eigenvalue weighted by atomic mass is 32.2. The van der Waals surface area contributed by atoms with Crippen LogP contribution in [0.15, 0.2) is 23.6 Å². The van der Waals surface area contributed by atoms with Gasteiger partial charge in [-0.25, -0.2) is 19.9 Å². The number of nitriles is 1. The zero-order valence-electron chi connectivity index (χ0n) is 13.1. The zero-order valence-corrected chi connectivity index (χ0v) is 13.9. The first-order valence-electron chi connectivity index (χ1n) is 7.32. The molecular weight excluding hydrogens is 310 g/mol. The van der Waals surface area contributed by atoms with Gasteiger partial charge in [0.2, 0.25) is 5.95 Å². The molecule has 8 heteroatoms. The molecule has 0 aromatic carbocycles. The van der Waals surface area contributed by atoms with Crippen LogP contribution in [0.1, 0.15) is 11.3 Å². The van der Waals surface area contributed by atoms with Crippen molar-refractivity contribution in [3.63, 3.8) is 0 Å². The Hall–Kier alpha value is -2.40. The minimum absolute atomic E-state index is 0.397. The number of thioether (sulfide) groups is 1. The third kappa shape index (κ3) is 3.35. The largest absolute Gasteiger partial charge is 0.353 e. The van der Waals surface area contributed by atoms with Crippen molar-refractivity contribution >= 4 is 23.5 Å². The average molecular weight is 327 g/mol. The fraction of sp³-hybridized carbons (Fsp3) is 0.400. The van der Waals surface area contributed by atoms with Gasteiger partial charge >= 0.3 is 0 Å². The molecule has 0 unspecified atom stereocenters. The molecule has 1 aliphatic rings. The number of piperazine rings is 1. The molecule has 7 nitrogen and oxygen atoms in total. The van der Waals surface area contributed by atoms with E-state index in [4.69, 9.17) is 5.26 Å². The fourth-order valence-electron chi connectivity index (χ4n) is 2.52. The van der Waals surface area contributed by atoms with Gasteiger partial charge in [-0.15, -0.1) is 0 Å². The van der Waals surface area contributed by atoms with Gasteiger partial charge in [0.1, 0.15) is 17.6 Å². The maximum atomic E-state index is 8.95. The van der Waals surface area contributed by atoms with Crippen LogP contribution in [0.3, 0.4) is 0 Å². The van der Waals surface area contributed by atoms with E-state index in [0.29, 0.717) is 11.6 Å². The SMILES string of the molecule is CSc1ncc(C)c(N2CCN(c3nccc(C#N)n3)CC2)n1. The Morgan fingerprint density at radius 3 is 2.57 bits per heavy atom. The first-order valence-corrected chi connectivity index (χ1v) is 8.54. The summed E-state index contributed by atoms with van der Waals surface area (Å²) in [5, 5.41) is 9.74. The van der Waals surface area contributed by atoms with Gasteiger partial charge in [0, 0.05) is 44.1 Å². The highest BCUT2D eigenvalue weighted by Gasteiger charge is 2.21. The highest BCUT2D eigenvalue weighted by Crippen LogP contribution is 2.22. The third-order valence-corrected chi connectivity index (χ3v) is 4.29. The van der Waals surface area contributed by atoms with E-state index in [2.05, 4.69) is 35.8 Å². The summed E-state index contributed by atoms with van der Waals surface area (Å²) in [6, 6.07) is 3.67. The van der Waals surface area contributed by atoms with Crippen LogP contribution >= 0.6 is 11.8 Å². The topological polar surface area (TPSA) is 81.8 Å². The molecular formula is C15H17N7S. The number of nitrogens with zero attached hydrogens (tertiary/aromatic N) is 7. The summed E-state index contributed by atoms with van der Waals surface area (Å²) in [5.74, 6) is 1.61. The minimum Gasteiger partial charge on any atom is -0.353 e. The smallest absolute Gasteiger partial charge is 0.226 e. The lowest BCUT2D eigenvalue weighted by atomic mass is 10.2. The number of aryl methyl sites for hydroxylation is 1. The Labute approximate surface area is 139 Å². The van der Waals surface area contributed by atoms with Gasteiger partial charge < -0.3 is 9.80 Å². The van der Waals surface area contributed by atoms with E-state index in [-0.39, 0.29) is 0 Å². The summed E-state index contributed by atoms with van der Waals surface area (Å²) >= 11 is 1.55. The van der Waals surface area contributed by atoms with Crippen LogP contribution < -0.4 is 9.80 Å². The standard InChI is InChI=1S/C15H17N7S/c1-11-10-18-15(23-2)20-13(11)21-5-7-22(8-6-21)14-17-4-3-12(9-16)19-14/h3-4,10H,5-8H2,1-2H3. The van der Waals surface area contributed by atoms with Crippen LogP contribution in [0, 0.1) is 18.3 Å². The van der Waals surface area contributed by atoms with Crippen LogP contribution in [0.5, 0.6) is 0 Å². The van der Waals surface area contributed by atoms with E-state index in [1.807, 2.05) is 19.4 Å². The van der Waals surface area contributed by atoms with Gasteiger partial charge in [-0.3, -0.25) is 0 Å². The molecule has 2 aromatic rings. The third-order valence-electron chi connectivity index (χ3n) is 3.72. The second kappa shape index (κ2) is 6.79. The molecule has 118 valence electrons. The van der Waals surface area contributed by atoms with Crippen molar-refractivity contribution in [3.05, 3.63) is 29.7 Å². The van der Waals surface area contributed by atoms with Gasteiger partial charge in [-0.2, -0.15) is 5.26 Å². The van der Waals surface area contributed by atoms with Gasteiger partial charge in [-0.05, 0) is 19.2 Å². The highest BCUT2D eigenvalue weighted by molar-refractivity contribution is 7.98. The monoisotopic (exact) mass is 327 g/mol. The van der Waals surface area contributed by atoms with E-state index < -0.39 is 0 Å². The van der Waals surface area contributed by atoms with Crippen LogP contribution in [-0.4, -0.2) is 52.4 Å². The molecule has 0 atom stereocenters. The Morgan fingerprint density at radius 1 is 1.13 bits per heavy atom. The van der Waals surface area contributed by atoms with Crippen molar-refractivity contribution in [2.24, 2.45) is 0 Å². The summed E-state index contributed by atoms with van der Waals surface area (Å²) in [6.07, 6.45) is 5.48. The second-order valence-corrected chi connectivity index (χ2v) is 5.96. The summed E-state index contributed by atoms with van der Waals surface area (Å²) in [4.78, 5) is 21.8. The molecule has 1 saturated heterocycles. The fourth-order valence-corrected chi connectivity index (χ4v) is 2.85. The molecule has 1 fully saturated rings. The molecule has 0 amide bonds. The van der Waals surface area contributed by atoms with Crippen LogP contribution in [0.25, 0.3) is 0 Å². The van der Waals surface area contributed by atoms with Gasteiger partial charge in [0.05, 0.1) is 0 Å². The predicted octanol–water partition coefficient (Wildman–Crippen LogP) is 1.50. The molecule has 0 saturated carbocycles. The normalized spacial score (nSPS) is 14.7. The molecule has 0 bridgehead atoms. The summed E-state index contributed by atoms with van der Waals surface area (Å²) in [7, 11) is 0. The molecule has 3 rings (SSSR count). The van der Waals surface area contributed by atoms with Gasteiger partial charge in [0.15, 0.2) is 5.16 Å². The maximum absolute atomic E-state index is 8.95. The average Bonchev–Trinajstić information content (AvgIpc) is 2.62. The number of hydrogen-bond donors (Lipinski definition) is 0. The molecule has 23 heavy (non-hydrogen) atoms. The van der Waals surface area contributed by atoms with Crippen LogP contribution in [-0.2, 0) is 0 Å². The zero-order chi connectivity index (χ0) is 16.2. The number of aromatic nitrogens is 4. The van der Waals surface area contributed by atoms with E-state index in [0.717, 1.165) is 42.7 Å². The number of hydrogen-bond acceptors (Lipinski definition) is 8. The van der Waals surface area contributed by atoms with Crippen molar-refractivity contribution in [2.45, 2.75) is 12.1 Å². The summed E-state index contributed by atoms with van der Waals surface area (Å²) < 4.78 is 0. The van der Waals surface area contributed by atoms with Crippen molar-refractivity contribution in [2.75, 3.05) is 42.2 Å². The lowest BCUT2D eigenvalue weighted by Crippen LogP contribution is -2.47. The lowest BCUT2D eigenvalue weighted by Gasteiger charge is -2.36. The molecule has 0 aliphatic carbocycles. The maximum Gasteiger partial charge on any atom is 0.226 e. The second-order valence-electron chi connectivity index (χ2n) is 5.19. The first-order chi connectivity index (χ1) is 11.2. The quantitative estimate of drug-likeness (QED) is 0.619. The number of anilines is 2. The van der Waals surface area contributed by atoms with Crippen LogP contribution in [0.4, 0.5) is 11.8 Å². The minimum atomic E-state index is 0.397. The molecule has 2 aromatic heterocycles. The van der Waals surface area contributed by atoms with Crippen molar-refractivity contribution in [3.8, 4) is 6.07 Å². The predicted molar refractivity (Wildman–Crippen MR) is 89.7 cm³/mol.